The van der Waals surface area contributed by atoms with E-state index in [1.807, 2.05) is 16.7 Å². The molecule has 1 aliphatic heterocycles. The van der Waals surface area contributed by atoms with Gasteiger partial charge in [0.25, 0.3) is 0 Å². The first-order valence-electron chi connectivity index (χ1n) is 7.43. The van der Waals surface area contributed by atoms with E-state index in [2.05, 4.69) is 19.2 Å². The van der Waals surface area contributed by atoms with Gasteiger partial charge in [-0.25, -0.2) is 0 Å². The summed E-state index contributed by atoms with van der Waals surface area (Å²) in [6.45, 7) is 9.92. The van der Waals surface area contributed by atoms with Crippen LogP contribution in [0.25, 0.3) is 0 Å². The molecule has 1 rings (SSSR count). The average molecular weight is 269 g/mol. The van der Waals surface area contributed by atoms with E-state index in [0.717, 1.165) is 45.6 Å². The molecule has 2 amide bonds. The minimum Gasteiger partial charge on any atom is -0.343 e. The third kappa shape index (κ3) is 4.49. The number of rotatable bonds is 7. The van der Waals surface area contributed by atoms with E-state index in [1.165, 1.54) is 0 Å². The lowest BCUT2D eigenvalue weighted by atomic mass is 10.1. The van der Waals surface area contributed by atoms with Crippen molar-refractivity contribution in [2.45, 2.75) is 46.1 Å². The highest BCUT2D eigenvalue weighted by molar-refractivity contribution is 5.88. The van der Waals surface area contributed by atoms with Crippen LogP contribution in [0.3, 0.4) is 0 Å². The van der Waals surface area contributed by atoms with E-state index in [0.29, 0.717) is 0 Å². The quantitative estimate of drug-likeness (QED) is 0.745. The predicted octanol–water partition coefficient (Wildman–Crippen LogP) is 0.845. The second-order valence-electron chi connectivity index (χ2n) is 5.01. The lowest BCUT2D eigenvalue weighted by Gasteiger charge is -2.33. The monoisotopic (exact) mass is 269 g/mol. The summed E-state index contributed by atoms with van der Waals surface area (Å²) >= 11 is 0. The van der Waals surface area contributed by atoms with Crippen molar-refractivity contribution in [3.8, 4) is 0 Å². The van der Waals surface area contributed by atoms with E-state index in [4.69, 9.17) is 0 Å². The zero-order valence-electron chi connectivity index (χ0n) is 12.4. The van der Waals surface area contributed by atoms with Crippen molar-refractivity contribution in [3.05, 3.63) is 0 Å². The molecule has 110 valence electrons. The molecule has 1 heterocycles. The summed E-state index contributed by atoms with van der Waals surface area (Å²) in [5, 5.41) is 3.16. The molecule has 0 aliphatic carbocycles. The predicted molar refractivity (Wildman–Crippen MR) is 75.8 cm³/mol. The highest BCUT2D eigenvalue weighted by Gasteiger charge is 2.30. The van der Waals surface area contributed by atoms with Crippen molar-refractivity contribution in [2.24, 2.45) is 0 Å². The molecule has 0 bridgehead atoms. The maximum Gasteiger partial charge on any atom is 0.240 e. The minimum atomic E-state index is -0.336. The normalized spacial score (nSPS) is 19.6. The molecule has 0 spiro atoms. The number of piperazine rings is 1. The summed E-state index contributed by atoms with van der Waals surface area (Å²) in [5.41, 5.74) is 0. The topological polar surface area (TPSA) is 52.7 Å². The second-order valence-corrected chi connectivity index (χ2v) is 5.01. The molecule has 1 unspecified atom stereocenters. The number of amides is 2. The fourth-order valence-corrected chi connectivity index (χ4v) is 2.47. The lowest BCUT2D eigenvalue weighted by Crippen LogP contribution is -2.56. The van der Waals surface area contributed by atoms with Crippen LogP contribution in [-0.4, -0.2) is 60.4 Å². The molecular formula is C14H27N3O2. The molecule has 0 aromatic carbocycles. The Morgan fingerprint density at radius 3 is 2.47 bits per heavy atom. The van der Waals surface area contributed by atoms with Crippen molar-refractivity contribution in [1.82, 2.24) is 15.1 Å². The molecule has 0 aromatic rings. The fourth-order valence-electron chi connectivity index (χ4n) is 2.47. The number of hydrogen-bond acceptors (Lipinski definition) is 3. The Bertz CT molecular complexity index is 301. The second kappa shape index (κ2) is 8.15. The Kier molecular flexibility index (Phi) is 6.84. The van der Waals surface area contributed by atoms with Crippen molar-refractivity contribution >= 4 is 11.8 Å². The van der Waals surface area contributed by atoms with Crippen LogP contribution in [0.5, 0.6) is 0 Å². The largest absolute Gasteiger partial charge is 0.343 e. The van der Waals surface area contributed by atoms with E-state index < -0.39 is 0 Å². The summed E-state index contributed by atoms with van der Waals surface area (Å²) < 4.78 is 0. The number of nitrogens with zero attached hydrogens (tertiary/aromatic N) is 2. The van der Waals surface area contributed by atoms with Crippen LogP contribution in [0, 0.1) is 0 Å². The molecule has 1 N–H and O–H groups in total. The molecule has 0 saturated carbocycles. The smallest absolute Gasteiger partial charge is 0.240 e. The van der Waals surface area contributed by atoms with Gasteiger partial charge in [0.1, 0.15) is 0 Å². The first-order chi connectivity index (χ1) is 9.13. The zero-order chi connectivity index (χ0) is 14.3. The van der Waals surface area contributed by atoms with Crippen LogP contribution >= 0.6 is 0 Å². The van der Waals surface area contributed by atoms with Gasteiger partial charge in [0.05, 0.1) is 12.5 Å². The van der Waals surface area contributed by atoms with Gasteiger partial charge >= 0.3 is 0 Å². The highest BCUT2D eigenvalue weighted by atomic mass is 16.2. The van der Waals surface area contributed by atoms with Crippen molar-refractivity contribution in [1.29, 1.82) is 0 Å². The van der Waals surface area contributed by atoms with Crippen LogP contribution < -0.4 is 5.32 Å². The summed E-state index contributed by atoms with van der Waals surface area (Å²) in [6, 6.07) is -0.336. The number of nitrogens with one attached hydrogen (secondary N) is 1. The Morgan fingerprint density at radius 1 is 1.32 bits per heavy atom. The molecule has 1 aliphatic rings. The number of carbonyl (C=O) groups is 2. The number of hydrogen-bond donors (Lipinski definition) is 1. The van der Waals surface area contributed by atoms with Crippen LogP contribution in [0.2, 0.25) is 0 Å². The highest BCUT2D eigenvalue weighted by Crippen LogP contribution is 2.08. The van der Waals surface area contributed by atoms with E-state index in [-0.39, 0.29) is 24.3 Å². The standard InChI is InChI=1S/C14H27N3O2/c1-4-8-17(9-5-2)13(18)11-12-14(19)16(6-3)10-7-15-12/h12,15H,4-11H2,1-3H3. The van der Waals surface area contributed by atoms with Gasteiger partial charge in [-0.2, -0.15) is 0 Å². The summed E-state index contributed by atoms with van der Waals surface area (Å²) in [4.78, 5) is 28.1. The van der Waals surface area contributed by atoms with Crippen LogP contribution in [-0.2, 0) is 9.59 Å². The van der Waals surface area contributed by atoms with Gasteiger partial charge in [0, 0.05) is 32.7 Å². The number of likely N-dealkylation sites (N-methyl/N-ethyl adjacent to an activating group) is 1. The van der Waals surface area contributed by atoms with Gasteiger partial charge in [0.2, 0.25) is 11.8 Å². The van der Waals surface area contributed by atoms with Gasteiger partial charge in [-0.3, -0.25) is 9.59 Å². The third-order valence-electron chi connectivity index (χ3n) is 3.48. The van der Waals surface area contributed by atoms with Crippen LogP contribution in [0.4, 0.5) is 0 Å². The summed E-state index contributed by atoms with van der Waals surface area (Å²) in [6.07, 6.45) is 2.20. The maximum atomic E-state index is 12.2. The van der Waals surface area contributed by atoms with Gasteiger partial charge in [0.15, 0.2) is 0 Å². The first-order valence-corrected chi connectivity index (χ1v) is 7.43. The van der Waals surface area contributed by atoms with Gasteiger partial charge in [-0.15, -0.1) is 0 Å². The fraction of sp³-hybridized carbons (Fsp3) is 0.857. The van der Waals surface area contributed by atoms with E-state index in [9.17, 15) is 9.59 Å². The zero-order valence-corrected chi connectivity index (χ0v) is 12.4. The molecule has 5 heteroatoms. The Morgan fingerprint density at radius 2 is 1.95 bits per heavy atom. The molecule has 1 atom stereocenters. The SMILES string of the molecule is CCCN(CCC)C(=O)CC1NCCN(CC)C1=O. The Labute approximate surface area is 116 Å². The molecule has 19 heavy (non-hydrogen) atoms. The third-order valence-corrected chi connectivity index (χ3v) is 3.48. The van der Waals surface area contributed by atoms with Gasteiger partial charge in [-0.1, -0.05) is 13.8 Å². The number of carbonyl (C=O) groups excluding carboxylic acids is 2. The molecule has 0 radical (unpaired) electrons. The lowest BCUT2D eigenvalue weighted by molar-refractivity contribution is -0.140. The molecule has 1 fully saturated rings. The summed E-state index contributed by atoms with van der Waals surface area (Å²) in [5.74, 6) is 0.155. The van der Waals surface area contributed by atoms with Crippen molar-refractivity contribution in [2.75, 3.05) is 32.7 Å². The van der Waals surface area contributed by atoms with Crippen LogP contribution in [0.15, 0.2) is 0 Å². The van der Waals surface area contributed by atoms with E-state index >= 15 is 0 Å². The molecule has 5 nitrogen and oxygen atoms in total. The summed E-state index contributed by atoms with van der Waals surface area (Å²) in [7, 11) is 0. The maximum absolute atomic E-state index is 12.2. The molecule has 1 saturated heterocycles. The first kappa shape index (κ1) is 16.0. The van der Waals surface area contributed by atoms with E-state index in [1.54, 1.807) is 0 Å². The molecule has 0 aromatic heterocycles. The minimum absolute atomic E-state index is 0.0649. The van der Waals surface area contributed by atoms with Crippen LogP contribution in [0.1, 0.15) is 40.0 Å². The average Bonchev–Trinajstić information content (AvgIpc) is 2.41. The van der Waals surface area contributed by atoms with Crippen molar-refractivity contribution in [3.63, 3.8) is 0 Å². The van der Waals surface area contributed by atoms with Gasteiger partial charge < -0.3 is 15.1 Å². The Balaban J connectivity index is 2.56. The van der Waals surface area contributed by atoms with Gasteiger partial charge in [-0.05, 0) is 19.8 Å². The molecular weight excluding hydrogens is 242 g/mol. The Hall–Kier alpha value is -1.10. The van der Waals surface area contributed by atoms with Crippen molar-refractivity contribution < 1.29 is 9.59 Å².